The molecule has 0 spiro atoms. The van der Waals surface area contributed by atoms with E-state index in [1.165, 1.54) is 5.69 Å². The molecule has 9 heteroatoms. The van der Waals surface area contributed by atoms with Crippen molar-refractivity contribution in [1.29, 1.82) is 0 Å². The SMILES string of the molecule is Cc1cccc(OCCCN2CCN(c3ccccc3)CC2)c1NC(=O)Nc1ccc(N2CCN(c3ccccn3)CC2)cc1. The molecule has 3 aromatic carbocycles. The summed E-state index contributed by atoms with van der Waals surface area (Å²) in [5.41, 5.74) is 4.85. The van der Waals surface area contributed by atoms with Gasteiger partial charge in [0.2, 0.25) is 0 Å². The van der Waals surface area contributed by atoms with Crippen LogP contribution < -0.4 is 30.1 Å². The first kappa shape index (κ1) is 30.3. The minimum atomic E-state index is -0.290. The monoisotopic (exact) mass is 605 g/mol. The zero-order valence-corrected chi connectivity index (χ0v) is 26.1. The third-order valence-corrected chi connectivity index (χ3v) is 8.59. The molecule has 3 heterocycles. The first-order valence-electron chi connectivity index (χ1n) is 16.0. The van der Waals surface area contributed by atoms with E-state index in [4.69, 9.17) is 4.74 Å². The van der Waals surface area contributed by atoms with Gasteiger partial charge in [-0.05, 0) is 73.5 Å². The molecule has 1 aromatic heterocycles. The maximum atomic E-state index is 13.0. The molecule has 2 fully saturated rings. The molecule has 2 aliphatic heterocycles. The summed E-state index contributed by atoms with van der Waals surface area (Å²) in [7, 11) is 0. The number of piperazine rings is 2. The number of aryl methyl sites for hydroxylation is 1. The number of pyridine rings is 1. The van der Waals surface area contributed by atoms with Crippen LogP contribution >= 0.6 is 0 Å². The Kier molecular flexibility index (Phi) is 9.97. The van der Waals surface area contributed by atoms with Crippen LogP contribution in [0.1, 0.15) is 12.0 Å². The van der Waals surface area contributed by atoms with Crippen molar-refractivity contribution < 1.29 is 9.53 Å². The molecule has 0 radical (unpaired) electrons. The van der Waals surface area contributed by atoms with Crippen molar-refractivity contribution >= 4 is 34.6 Å². The predicted molar refractivity (Wildman–Crippen MR) is 184 cm³/mol. The summed E-state index contributed by atoms with van der Waals surface area (Å²) in [6, 6.07) is 30.3. The van der Waals surface area contributed by atoms with E-state index in [1.54, 1.807) is 0 Å². The highest BCUT2D eigenvalue weighted by atomic mass is 16.5. The average Bonchev–Trinajstić information content (AvgIpc) is 3.09. The molecule has 0 unspecified atom stereocenters. The Morgan fingerprint density at radius 1 is 0.711 bits per heavy atom. The van der Waals surface area contributed by atoms with E-state index in [-0.39, 0.29) is 6.03 Å². The summed E-state index contributed by atoms with van der Waals surface area (Å²) in [4.78, 5) is 27.1. The molecular weight excluding hydrogens is 562 g/mol. The minimum Gasteiger partial charge on any atom is -0.491 e. The highest BCUT2D eigenvalue weighted by molar-refractivity contribution is 6.01. The Labute approximate surface area is 266 Å². The fourth-order valence-electron chi connectivity index (χ4n) is 6.03. The van der Waals surface area contributed by atoms with Gasteiger partial charge in [-0.25, -0.2) is 9.78 Å². The second-order valence-electron chi connectivity index (χ2n) is 11.6. The van der Waals surface area contributed by atoms with Gasteiger partial charge in [-0.1, -0.05) is 36.4 Å². The fraction of sp³-hybridized carbons (Fsp3) is 0.333. The first-order valence-corrected chi connectivity index (χ1v) is 16.0. The highest BCUT2D eigenvalue weighted by Gasteiger charge is 2.19. The van der Waals surface area contributed by atoms with Gasteiger partial charge >= 0.3 is 6.03 Å². The second-order valence-corrected chi connectivity index (χ2v) is 11.6. The topological polar surface area (TPSA) is 76.2 Å². The highest BCUT2D eigenvalue weighted by Crippen LogP contribution is 2.29. The number of urea groups is 1. The third-order valence-electron chi connectivity index (χ3n) is 8.59. The standard InChI is InChI=1S/C36H43N7O2/c1-29-9-7-12-33(45-28-8-19-40-20-22-41(23-21-40)31-10-3-2-4-11-31)35(29)39-36(44)38-30-14-16-32(17-15-30)42-24-26-43(27-25-42)34-13-5-6-18-37-34/h2-7,9-18H,8,19-28H2,1H3,(H2,38,39,44). The molecule has 0 atom stereocenters. The van der Waals surface area contributed by atoms with Crippen LogP contribution in [0.15, 0.2) is 97.2 Å². The van der Waals surface area contributed by atoms with Crippen molar-refractivity contribution in [1.82, 2.24) is 9.88 Å². The van der Waals surface area contributed by atoms with Crippen LogP contribution in [0.4, 0.5) is 33.4 Å². The quantitative estimate of drug-likeness (QED) is 0.216. The van der Waals surface area contributed by atoms with Crippen molar-refractivity contribution in [3.8, 4) is 5.75 Å². The lowest BCUT2D eigenvalue weighted by molar-refractivity contribution is 0.225. The molecule has 6 rings (SSSR count). The van der Waals surface area contributed by atoms with E-state index in [2.05, 4.69) is 83.7 Å². The van der Waals surface area contributed by atoms with E-state index in [0.717, 1.165) is 88.1 Å². The number of hydrogen-bond donors (Lipinski definition) is 2. The number of anilines is 5. The van der Waals surface area contributed by atoms with Gasteiger partial charge in [-0.3, -0.25) is 4.90 Å². The van der Waals surface area contributed by atoms with Crippen molar-refractivity contribution in [2.24, 2.45) is 0 Å². The largest absolute Gasteiger partial charge is 0.491 e. The molecule has 2 N–H and O–H groups in total. The number of benzene rings is 3. The van der Waals surface area contributed by atoms with E-state index < -0.39 is 0 Å². The van der Waals surface area contributed by atoms with Gasteiger partial charge in [0.1, 0.15) is 11.6 Å². The number of rotatable bonds is 10. The van der Waals surface area contributed by atoms with Gasteiger partial charge in [0.05, 0.1) is 12.3 Å². The summed E-state index contributed by atoms with van der Waals surface area (Å²) in [5.74, 6) is 1.72. The lowest BCUT2D eigenvalue weighted by Gasteiger charge is -2.36. The molecule has 4 aromatic rings. The van der Waals surface area contributed by atoms with E-state index in [9.17, 15) is 4.79 Å². The number of nitrogens with one attached hydrogen (secondary N) is 2. The Balaban J connectivity index is 0.944. The normalized spacial score (nSPS) is 15.5. The van der Waals surface area contributed by atoms with Crippen LogP contribution in [0.3, 0.4) is 0 Å². The molecule has 0 bridgehead atoms. The van der Waals surface area contributed by atoms with Crippen molar-refractivity contribution in [3.05, 3.63) is 103 Å². The number of amides is 2. The lowest BCUT2D eigenvalue weighted by atomic mass is 10.2. The van der Waals surface area contributed by atoms with Gasteiger partial charge in [0, 0.05) is 82.2 Å². The molecule has 2 amide bonds. The molecule has 2 aliphatic rings. The van der Waals surface area contributed by atoms with Gasteiger partial charge in [0.25, 0.3) is 0 Å². The number of carbonyl (C=O) groups excluding carboxylic acids is 1. The van der Waals surface area contributed by atoms with E-state index in [1.807, 2.05) is 55.6 Å². The summed E-state index contributed by atoms with van der Waals surface area (Å²) in [6.45, 7) is 11.4. The molecule has 9 nitrogen and oxygen atoms in total. The van der Waals surface area contributed by atoms with Gasteiger partial charge in [-0.2, -0.15) is 0 Å². The predicted octanol–water partition coefficient (Wildman–Crippen LogP) is 5.95. The number of para-hydroxylation sites is 2. The fourth-order valence-corrected chi connectivity index (χ4v) is 6.03. The Hall–Kier alpha value is -4.76. The van der Waals surface area contributed by atoms with Crippen molar-refractivity contribution in [2.45, 2.75) is 13.3 Å². The number of hydrogen-bond acceptors (Lipinski definition) is 7. The molecule has 2 saturated heterocycles. The molecule has 45 heavy (non-hydrogen) atoms. The number of aromatic nitrogens is 1. The van der Waals surface area contributed by atoms with Crippen LogP contribution in [0.5, 0.6) is 5.75 Å². The smallest absolute Gasteiger partial charge is 0.323 e. The maximum Gasteiger partial charge on any atom is 0.323 e. The Morgan fingerprint density at radius 3 is 2.09 bits per heavy atom. The van der Waals surface area contributed by atoms with Crippen LogP contribution in [0.2, 0.25) is 0 Å². The third kappa shape index (κ3) is 8.05. The second kappa shape index (κ2) is 14.8. The zero-order chi connectivity index (χ0) is 30.8. The molecule has 234 valence electrons. The summed E-state index contributed by atoms with van der Waals surface area (Å²) >= 11 is 0. The van der Waals surface area contributed by atoms with Crippen molar-refractivity contribution in [2.75, 3.05) is 90.8 Å². The van der Waals surface area contributed by atoms with E-state index >= 15 is 0 Å². The van der Waals surface area contributed by atoms with Crippen LogP contribution in [-0.4, -0.2) is 81.4 Å². The molecule has 0 saturated carbocycles. The van der Waals surface area contributed by atoms with Gasteiger partial charge in [-0.15, -0.1) is 0 Å². The number of ether oxygens (including phenoxy) is 1. The van der Waals surface area contributed by atoms with E-state index in [0.29, 0.717) is 18.0 Å². The first-order chi connectivity index (χ1) is 22.1. The Morgan fingerprint density at radius 2 is 1.38 bits per heavy atom. The summed E-state index contributed by atoms with van der Waals surface area (Å²) in [6.07, 6.45) is 2.77. The van der Waals surface area contributed by atoms with Crippen LogP contribution in [-0.2, 0) is 0 Å². The van der Waals surface area contributed by atoms with Crippen LogP contribution in [0.25, 0.3) is 0 Å². The lowest BCUT2D eigenvalue weighted by Crippen LogP contribution is -2.46. The zero-order valence-electron chi connectivity index (χ0n) is 26.1. The van der Waals surface area contributed by atoms with Crippen molar-refractivity contribution in [3.63, 3.8) is 0 Å². The van der Waals surface area contributed by atoms with Gasteiger partial charge in [0.15, 0.2) is 0 Å². The van der Waals surface area contributed by atoms with Gasteiger partial charge < -0.3 is 30.1 Å². The van der Waals surface area contributed by atoms with Crippen LogP contribution in [0, 0.1) is 6.92 Å². The molecule has 0 aliphatic carbocycles. The Bertz CT molecular complexity index is 1500. The average molecular weight is 606 g/mol. The maximum absolute atomic E-state index is 13.0. The number of nitrogens with zero attached hydrogens (tertiary/aromatic N) is 5. The summed E-state index contributed by atoms with van der Waals surface area (Å²) < 4.78 is 6.18. The summed E-state index contributed by atoms with van der Waals surface area (Å²) in [5, 5.41) is 6.00. The molecular formula is C36H43N7O2. The number of carbonyl (C=O) groups is 1. The minimum absolute atomic E-state index is 0.290.